The van der Waals surface area contributed by atoms with Gasteiger partial charge in [-0.15, -0.1) is 13.2 Å². The first-order valence-corrected chi connectivity index (χ1v) is 17.7. The van der Waals surface area contributed by atoms with Gasteiger partial charge in [0.05, 0.1) is 36.6 Å². The molecule has 3 heterocycles. The van der Waals surface area contributed by atoms with Crippen LogP contribution in [0, 0.1) is 11.8 Å². The second-order valence-electron chi connectivity index (χ2n) is 13.3. The van der Waals surface area contributed by atoms with Gasteiger partial charge in [0, 0.05) is 31.4 Å². The normalized spacial score (nSPS) is 27.2. The topological polar surface area (TPSA) is 117 Å². The highest BCUT2D eigenvalue weighted by Gasteiger charge is 2.77. The first-order chi connectivity index (χ1) is 23.5. The van der Waals surface area contributed by atoms with Crippen LogP contribution >= 0.6 is 15.9 Å². The lowest BCUT2D eigenvalue weighted by atomic mass is 9.70. The van der Waals surface area contributed by atoms with Crippen molar-refractivity contribution in [1.82, 2.24) is 14.7 Å². The molecule has 10 nitrogen and oxygen atoms in total. The fourth-order valence-electron chi connectivity index (χ4n) is 7.67. The van der Waals surface area contributed by atoms with Crippen molar-refractivity contribution in [3.05, 3.63) is 97.1 Å². The molecule has 2 bridgehead atoms. The first-order valence-electron chi connectivity index (χ1n) is 16.8. The van der Waals surface area contributed by atoms with Crippen LogP contribution in [-0.2, 0) is 35.2 Å². The van der Waals surface area contributed by atoms with Gasteiger partial charge in [0.1, 0.15) is 17.7 Å². The van der Waals surface area contributed by atoms with Gasteiger partial charge in [-0.25, -0.2) is 0 Å². The molecular weight excluding hydrogens is 690 g/mol. The predicted molar refractivity (Wildman–Crippen MR) is 188 cm³/mol. The number of halogens is 1. The van der Waals surface area contributed by atoms with Gasteiger partial charge in [0.15, 0.2) is 0 Å². The van der Waals surface area contributed by atoms with Crippen LogP contribution in [0.1, 0.15) is 50.3 Å². The number of hydrogen-bond acceptors (Lipinski definition) is 7. The number of ether oxygens (including phenoxy) is 2. The molecule has 0 aromatic heterocycles. The fraction of sp³-hybridized carbons (Fsp3) is 0.474. The minimum absolute atomic E-state index is 0.118. The van der Waals surface area contributed by atoms with Crippen LogP contribution in [0.4, 0.5) is 0 Å². The number of esters is 1. The van der Waals surface area contributed by atoms with E-state index in [0.717, 1.165) is 5.56 Å². The van der Waals surface area contributed by atoms with Gasteiger partial charge < -0.3 is 29.3 Å². The number of aliphatic hydroxyl groups excluding tert-OH is 1. The molecule has 3 amide bonds. The largest absolute Gasteiger partial charge is 0.455 e. The zero-order valence-corrected chi connectivity index (χ0v) is 29.9. The number of hydrogen-bond donors (Lipinski definition) is 1. The first kappa shape index (κ1) is 36.5. The highest BCUT2D eigenvalue weighted by molar-refractivity contribution is 9.09. The molecule has 0 radical (unpaired) electrons. The summed E-state index contributed by atoms with van der Waals surface area (Å²) in [5, 5.41) is 10.3. The second-order valence-corrected chi connectivity index (χ2v) is 14.5. The molecule has 1 spiro atoms. The van der Waals surface area contributed by atoms with E-state index in [4.69, 9.17) is 9.47 Å². The van der Waals surface area contributed by atoms with Crippen molar-refractivity contribution in [2.45, 2.75) is 80.4 Å². The number of alkyl halides is 1. The second kappa shape index (κ2) is 15.4. The summed E-state index contributed by atoms with van der Waals surface area (Å²) in [5.41, 5.74) is 0.271. The minimum Gasteiger partial charge on any atom is -0.455 e. The van der Waals surface area contributed by atoms with E-state index in [-0.39, 0.29) is 42.8 Å². The van der Waals surface area contributed by atoms with E-state index in [9.17, 15) is 24.3 Å². The van der Waals surface area contributed by atoms with Gasteiger partial charge >= 0.3 is 5.97 Å². The summed E-state index contributed by atoms with van der Waals surface area (Å²) in [7, 11) is 1.68. The molecule has 5 rings (SSSR count). The number of benzene rings is 2. The summed E-state index contributed by atoms with van der Waals surface area (Å²) in [4.78, 5) is 60.9. The number of nitrogens with zero attached hydrogens (tertiary/aromatic N) is 3. The molecule has 11 heteroatoms. The molecule has 262 valence electrons. The SMILES string of the molecule is C=CCCC(=O)N(C)[C@H](C)[C@H](OC(=O)[C@H]1[C@@H]2O[C@@]3(CC2Br)[C@@H]1C(=O)N([C@H](C)CO)[C@@H]3C(=O)N(CC=C)Cc1ccccc1)c1ccccc1. The van der Waals surface area contributed by atoms with Crippen molar-refractivity contribution in [2.75, 3.05) is 20.2 Å². The molecular formula is C38H46BrN3O7. The fourth-order valence-corrected chi connectivity index (χ4v) is 8.61. The lowest BCUT2D eigenvalue weighted by Gasteiger charge is -2.38. The van der Waals surface area contributed by atoms with E-state index in [2.05, 4.69) is 29.1 Å². The van der Waals surface area contributed by atoms with E-state index in [1.165, 1.54) is 4.90 Å². The molecule has 0 aliphatic carbocycles. The van der Waals surface area contributed by atoms with Crippen LogP contribution in [-0.4, -0.2) is 98.4 Å². The predicted octanol–water partition coefficient (Wildman–Crippen LogP) is 4.43. The van der Waals surface area contributed by atoms with E-state index >= 15 is 0 Å². The maximum absolute atomic E-state index is 14.6. The third-order valence-electron chi connectivity index (χ3n) is 10.2. The number of likely N-dealkylation sites (tertiary alicyclic amines) is 1. The average Bonchev–Trinajstić information content (AvgIpc) is 3.71. The van der Waals surface area contributed by atoms with Crippen LogP contribution in [0.3, 0.4) is 0 Å². The Kier molecular flexibility index (Phi) is 11.5. The monoisotopic (exact) mass is 735 g/mol. The van der Waals surface area contributed by atoms with Gasteiger partial charge in [-0.3, -0.25) is 19.2 Å². The Labute approximate surface area is 296 Å². The Morgan fingerprint density at radius 1 is 1.10 bits per heavy atom. The number of aliphatic hydroxyl groups is 1. The van der Waals surface area contributed by atoms with Crippen LogP contribution in [0.2, 0.25) is 0 Å². The molecule has 1 N–H and O–H groups in total. The van der Waals surface area contributed by atoms with Crippen molar-refractivity contribution >= 4 is 39.6 Å². The van der Waals surface area contributed by atoms with Crippen LogP contribution in [0.5, 0.6) is 0 Å². The minimum atomic E-state index is -1.33. The van der Waals surface area contributed by atoms with E-state index < -0.39 is 59.6 Å². The molecule has 49 heavy (non-hydrogen) atoms. The Hall–Kier alpha value is -3.80. The van der Waals surface area contributed by atoms with Crippen molar-refractivity contribution < 1.29 is 33.8 Å². The average molecular weight is 737 g/mol. The summed E-state index contributed by atoms with van der Waals surface area (Å²) in [6.07, 6.45) is 2.84. The number of likely N-dealkylation sites (N-methyl/N-ethyl adjacent to an activating group) is 1. The number of fused-ring (bicyclic) bond motifs is 1. The Morgan fingerprint density at radius 2 is 1.76 bits per heavy atom. The number of allylic oxidation sites excluding steroid dienone is 1. The van der Waals surface area contributed by atoms with E-state index in [0.29, 0.717) is 18.4 Å². The summed E-state index contributed by atoms with van der Waals surface area (Å²) in [5.74, 6) is -3.57. The highest BCUT2D eigenvalue weighted by Crippen LogP contribution is 2.61. The smallest absolute Gasteiger partial charge is 0.313 e. The van der Waals surface area contributed by atoms with Gasteiger partial charge in [-0.05, 0) is 37.8 Å². The lowest BCUT2D eigenvalue weighted by Crippen LogP contribution is -2.58. The third-order valence-corrected chi connectivity index (χ3v) is 11.1. The van der Waals surface area contributed by atoms with Crippen molar-refractivity contribution in [3.8, 4) is 0 Å². The van der Waals surface area contributed by atoms with Crippen LogP contribution in [0.15, 0.2) is 86.0 Å². The van der Waals surface area contributed by atoms with E-state index in [1.807, 2.05) is 67.6 Å². The zero-order chi connectivity index (χ0) is 35.5. The zero-order valence-electron chi connectivity index (χ0n) is 28.3. The molecule has 3 fully saturated rings. The van der Waals surface area contributed by atoms with Crippen LogP contribution < -0.4 is 0 Å². The van der Waals surface area contributed by atoms with Gasteiger partial charge in [-0.1, -0.05) is 88.7 Å². The number of rotatable bonds is 15. The number of carbonyl (C=O) groups excluding carboxylic acids is 4. The number of amides is 3. The Morgan fingerprint density at radius 3 is 2.37 bits per heavy atom. The van der Waals surface area contributed by atoms with Crippen molar-refractivity contribution in [2.24, 2.45) is 11.8 Å². The standard InChI is InChI=1S/C38H46BrN3O7/c1-6-8-19-29(44)40(5)25(4)32(27-17-13-10-14-18-27)48-37(47)30-31-35(45)42(24(3)23-43)34(38(31)21-28(39)33(30)49-38)36(46)41(20-7-2)22-26-15-11-9-12-16-26/h6-7,9-18,24-25,28,30-34,43H,1-2,8,19-23H2,3-5H3/t24-,25-,28?,30-,31+,32+,33-,34-,38+/m1/s1. The summed E-state index contributed by atoms with van der Waals surface area (Å²) in [6.45, 7) is 11.2. The van der Waals surface area contributed by atoms with Crippen molar-refractivity contribution in [1.29, 1.82) is 0 Å². The molecule has 1 unspecified atom stereocenters. The maximum Gasteiger partial charge on any atom is 0.313 e. The number of carbonyl (C=O) groups is 4. The van der Waals surface area contributed by atoms with Crippen LogP contribution in [0.25, 0.3) is 0 Å². The Balaban J connectivity index is 1.50. The summed E-state index contributed by atoms with van der Waals surface area (Å²) < 4.78 is 13.0. The highest BCUT2D eigenvalue weighted by atomic mass is 79.9. The molecule has 3 aliphatic rings. The van der Waals surface area contributed by atoms with Gasteiger partial charge in [0.25, 0.3) is 0 Å². The van der Waals surface area contributed by atoms with Gasteiger partial charge in [-0.2, -0.15) is 0 Å². The molecule has 3 saturated heterocycles. The van der Waals surface area contributed by atoms with Gasteiger partial charge in [0.2, 0.25) is 17.7 Å². The third kappa shape index (κ3) is 6.85. The Bertz CT molecular complexity index is 1540. The molecule has 2 aromatic carbocycles. The molecule has 9 atom stereocenters. The van der Waals surface area contributed by atoms with Crippen molar-refractivity contribution in [3.63, 3.8) is 0 Å². The maximum atomic E-state index is 14.6. The molecule has 0 saturated carbocycles. The van der Waals surface area contributed by atoms with E-state index in [1.54, 1.807) is 35.9 Å². The summed E-state index contributed by atoms with van der Waals surface area (Å²) >= 11 is 3.72. The molecule has 3 aliphatic heterocycles. The lowest BCUT2D eigenvalue weighted by molar-refractivity contribution is -0.165. The summed E-state index contributed by atoms with van der Waals surface area (Å²) in [6, 6.07) is 16.4. The molecule has 2 aromatic rings. The quantitative estimate of drug-likeness (QED) is 0.164.